The van der Waals surface area contributed by atoms with Crippen molar-refractivity contribution in [1.29, 1.82) is 0 Å². The van der Waals surface area contributed by atoms with Crippen molar-refractivity contribution in [1.82, 2.24) is 5.16 Å². The van der Waals surface area contributed by atoms with E-state index < -0.39 is 5.97 Å². The van der Waals surface area contributed by atoms with Crippen LogP contribution in [0.5, 0.6) is 5.75 Å². The lowest BCUT2D eigenvalue weighted by molar-refractivity contribution is 0.0686. The van der Waals surface area contributed by atoms with Crippen LogP contribution in [-0.2, 0) is 12.8 Å². The molecule has 1 aromatic carbocycles. The molecule has 5 nitrogen and oxygen atoms in total. The standard InChI is InChI=1S/C17H19NO4/c1-9-11-6-4-5-7-12(11)10(2)16(21-3)15(9)14-8-13(17(19)20)18-22-14/h8H,4-7H2,1-3H3,(H,19,20). The number of carboxylic acids is 1. The fourth-order valence-electron chi connectivity index (χ4n) is 3.42. The zero-order chi connectivity index (χ0) is 15.9. The predicted molar refractivity (Wildman–Crippen MR) is 81.6 cm³/mol. The van der Waals surface area contributed by atoms with Gasteiger partial charge in [0.25, 0.3) is 0 Å². The average molecular weight is 301 g/mol. The average Bonchev–Trinajstić information content (AvgIpc) is 3.00. The largest absolute Gasteiger partial charge is 0.496 e. The Morgan fingerprint density at radius 2 is 1.86 bits per heavy atom. The van der Waals surface area contributed by atoms with Gasteiger partial charge in [-0.3, -0.25) is 0 Å². The number of benzene rings is 1. The van der Waals surface area contributed by atoms with Crippen LogP contribution in [-0.4, -0.2) is 23.3 Å². The molecule has 1 aromatic heterocycles. The van der Waals surface area contributed by atoms with Crippen LogP contribution >= 0.6 is 0 Å². The fraction of sp³-hybridized carbons (Fsp3) is 0.412. The number of hydrogen-bond acceptors (Lipinski definition) is 4. The van der Waals surface area contributed by atoms with E-state index in [1.54, 1.807) is 7.11 Å². The molecule has 1 aliphatic rings. The lowest BCUT2D eigenvalue weighted by Gasteiger charge is -2.25. The number of nitrogens with zero attached hydrogens (tertiary/aromatic N) is 1. The van der Waals surface area contributed by atoms with Crippen LogP contribution in [0.2, 0.25) is 0 Å². The van der Waals surface area contributed by atoms with Crippen LogP contribution < -0.4 is 4.74 Å². The van der Waals surface area contributed by atoms with Crippen molar-refractivity contribution < 1.29 is 19.2 Å². The van der Waals surface area contributed by atoms with E-state index in [4.69, 9.17) is 14.4 Å². The van der Waals surface area contributed by atoms with Crippen LogP contribution in [0, 0.1) is 13.8 Å². The first-order valence-electron chi connectivity index (χ1n) is 7.43. The SMILES string of the molecule is COc1c(C)c2c(c(C)c1-c1cc(C(=O)O)no1)CCCC2. The minimum absolute atomic E-state index is 0.0909. The van der Waals surface area contributed by atoms with Crippen molar-refractivity contribution in [2.45, 2.75) is 39.5 Å². The summed E-state index contributed by atoms with van der Waals surface area (Å²) in [4.78, 5) is 11.0. The van der Waals surface area contributed by atoms with Gasteiger partial charge in [-0.05, 0) is 61.8 Å². The molecule has 0 atom stereocenters. The second-order valence-corrected chi connectivity index (χ2v) is 5.70. The van der Waals surface area contributed by atoms with Gasteiger partial charge >= 0.3 is 5.97 Å². The molecule has 1 heterocycles. The Morgan fingerprint density at radius 1 is 1.23 bits per heavy atom. The van der Waals surface area contributed by atoms with E-state index in [9.17, 15) is 4.79 Å². The Labute approximate surface area is 128 Å². The Hall–Kier alpha value is -2.30. The predicted octanol–water partition coefficient (Wildman–Crippen LogP) is 3.54. The van der Waals surface area contributed by atoms with E-state index in [1.807, 2.05) is 6.92 Å². The van der Waals surface area contributed by atoms with E-state index >= 15 is 0 Å². The number of hydrogen-bond donors (Lipinski definition) is 1. The van der Waals surface area contributed by atoms with Crippen molar-refractivity contribution in [2.75, 3.05) is 7.11 Å². The molecule has 0 fully saturated rings. The van der Waals surface area contributed by atoms with Crippen molar-refractivity contribution in [3.8, 4) is 17.1 Å². The molecule has 116 valence electrons. The monoisotopic (exact) mass is 301 g/mol. The molecule has 0 bridgehead atoms. The molecule has 0 saturated heterocycles. The molecule has 1 N–H and O–H groups in total. The van der Waals surface area contributed by atoms with Gasteiger partial charge in [-0.15, -0.1) is 0 Å². The first kappa shape index (κ1) is 14.6. The van der Waals surface area contributed by atoms with Gasteiger partial charge in [-0.2, -0.15) is 0 Å². The van der Waals surface area contributed by atoms with E-state index in [0.717, 1.165) is 35.3 Å². The highest BCUT2D eigenvalue weighted by Crippen LogP contribution is 2.42. The van der Waals surface area contributed by atoms with Crippen molar-refractivity contribution in [3.05, 3.63) is 34.0 Å². The minimum Gasteiger partial charge on any atom is -0.496 e. The lowest BCUT2D eigenvalue weighted by atomic mass is 9.82. The highest BCUT2D eigenvalue weighted by atomic mass is 16.5. The van der Waals surface area contributed by atoms with Crippen molar-refractivity contribution >= 4 is 5.97 Å². The summed E-state index contributed by atoms with van der Waals surface area (Å²) in [6, 6.07) is 1.46. The first-order chi connectivity index (χ1) is 10.5. The van der Waals surface area contributed by atoms with Crippen LogP contribution in [0.15, 0.2) is 10.6 Å². The second kappa shape index (κ2) is 5.48. The molecule has 1 aliphatic carbocycles. The number of fused-ring (bicyclic) bond motifs is 1. The molecule has 3 rings (SSSR count). The summed E-state index contributed by atoms with van der Waals surface area (Å²) in [5, 5.41) is 12.7. The lowest BCUT2D eigenvalue weighted by Crippen LogP contribution is -2.10. The summed E-state index contributed by atoms with van der Waals surface area (Å²) in [5.41, 5.74) is 5.65. The summed E-state index contributed by atoms with van der Waals surface area (Å²) in [5.74, 6) is 0.107. The number of aromatic nitrogens is 1. The molecule has 5 heteroatoms. The van der Waals surface area contributed by atoms with Gasteiger partial charge < -0.3 is 14.4 Å². The minimum atomic E-state index is -1.10. The van der Waals surface area contributed by atoms with Gasteiger partial charge in [0, 0.05) is 6.07 Å². The summed E-state index contributed by atoms with van der Waals surface area (Å²) >= 11 is 0. The van der Waals surface area contributed by atoms with Gasteiger partial charge in [0.2, 0.25) is 0 Å². The Kier molecular flexibility index (Phi) is 3.64. The van der Waals surface area contributed by atoms with E-state index in [1.165, 1.54) is 30.0 Å². The van der Waals surface area contributed by atoms with E-state index in [-0.39, 0.29) is 5.69 Å². The highest BCUT2D eigenvalue weighted by molar-refractivity contribution is 5.87. The van der Waals surface area contributed by atoms with E-state index in [2.05, 4.69) is 12.1 Å². The second-order valence-electron chi connectivity index (χ2n) is 5.70. The van der Waals surface area contributed by atoms with Gasteiger partial charge in [0.05, 0.1) is 12.7 Å². The van der Waals surface area contributed by atoms with Crippen molar-refractivity contribution in [2.24, 2.45) is 0 Å². The third-order valence-electron chi connectivity index (χ3n) is 4.50. The number of rotatable bonds is 3. The first-order valence-corrected chi connectivity index (χ1v) is 7.43. The maximum atomic E-state index is 11.0. The van der Waals surface area contributed by atoms with Gasteiger partial charge in [0.1, 0.15) is 5.75 Å². The number of ether oxygens (including phenoxy) is 1. The zero-order valence-electron chi connectivity index (χ0n) is 13.0. The normalized spacial score (nSPS) is 13.8. The summed E-state index contributed by atoms with van der Waals surface area (Å²) < 4.78 is 10.9. The molecule has 0 saturated carbocycles. The van der Waals surface area contributed by atoms with Gasteiger partial charge in [0.15, 0.2) is 11.5 Å². The molecule has 0 radical (unpaired) electrons. The number of carboxylic acid groups (broad SMARTS) is 1. The number of carbonyl (C=O) groups is 1. The summed E-state index contributed by atoms with van der Waals surface area (Å²) in [6.07, 6.45) is 4.48. The molecule has 22 heavy (non-hydrogen) atoms. The molecule has 2 aromatic rings. The Balaban J connectivity index is 2.25. The van der Waals surface area contributed by atoms with Crippen LogP contribution in [0.3, 0.4) is 0 Å². The van der Waals surface area contributed by atoms with Crippen LogP contribution in [0.25, 0.3) is 11.3 Å². The van der Waals surface area contributed by atoms with Gasteiger partial charge in [-0.1, -0.05) is 5.16 Å². The maximum absolute atomic E-state index is 11.0. The van der Waals surface area contributed by atoms with E-state index in [0.29, 0.717) is 5.76 Å². The smallest absolute Gasteiger partial charge is 0.358 e. The molecule has 0 unspecified atom stereocenters. The topological polar surface area (TPSA) is 72.6 Å². The molecule has 0 spiro atoms. The summed E-state index contributed by atoms with van der Waals surface area (Å²) in [6.45, 7) is 4.10. The molecule has 0 amide bonds. The van der Waals surface area contributed by atoms with Crippen LogP contribution in [0.1, 0.15) is 45.6 Å². The number of aromatic carboxylic acids is 1. The zero-order valence-corrected chi connectivity index (χ0v) is 13.0. The molecular formula is C17H19NO4. The maximum Gasteiger partial charge on any atom is 0.358 e. The quantitative estimate of drug-likeness (QED) is 0.938. The summed E-state index contributed by atoms with van der Waals surface area (Å²) in [7, 11) is 1.63. The molecular weight excluding hydrogens is 282 g/mol. The Morgan fingerprint density at radius 3 is 2.41 bits per heavy atom. The third-order valence-corrected chi connectivity index (χ3v) is 4.50. The van der Waals surface area contributed by atoms with Gasteiger partial charge in [-0.25, -0.2) is 4.79 Å². The fourth-order valence-corrected chi connectivity index (χ4v) is 3.42. The van der Waals surface area contributed by atoms with Crippen molar-refractivity contribution in [3.63, 3.8) is 0 Å². The molecule has 0 aliphatic heterocycles. The number of methoxy groups -OCH3 is 1. The Bertz CT molecular complexity index is 746. The third kappa shape index (κ3) is 2.17. The highest BCUT2D eigenvalue weighted by Gasteiger charge is 2.25. The van der Waals surface area contributed by atoms with Crippen LogP contribution in [0.4, 0.5) is 0 Å².